The Morgan fingerprint density at radius 1 is 1.11 bits per heavy atom. The van der Waals surface area contributed by atoms with Gasteiger partial charge in [-0.05, 0) is 42.8 Å². The van der Waals surface area contributed by atoms with Crippen molar-refractivity contribution in [3.8, 4) is 11.4 Å². The highest BCUT2D eigenvalue weighted by molar-refractivity contribution is 7.08. The number of hydrogen-bond acceptors (Lipinski definition) is 6. The predicted molar refractivity (Wildman–Crippen MR) is 113 cm³/mol. The zero-order valence-corrected chi connectivity index (χ0v) is 16.7. The molecule has 4 heterocycles. The summed E-state index contributed by atoms with van der Waals surface area (Å²) in [6.45, 7) is 4.52. The average molecular weight is 396 g/mol. The van der Waals surface area contributed by atoms with Crippen LogP contribution in [0.1, 0.15) is 19.3 Å². The average Bonchev–Trinajstić information content (AvgIpc) is 3.46. The monoisotopic (exact) mass is 395 g/mol. The molecule has 28 heavy (non-hydrogen) atoms. The molecule has 5 rings (SSSR count). The number of aromatic nitrogens is 2. The number of rotatable bonds is 5. The molecule has 2 aliphatic heterocycles. The fourth-order valence-corrected chi connectivity index (χ4v) is 4.68. The summed E-state index contributed by atoms with van der Waals surface area (Å²) in [6.07, 6.45) is 3.57. The third-order valence-corrected chi connectivity index (χ3v) is 6.38. The summed E-state index contributed by atoms with van der Waals surface area (Å²) in [7, 11) is 0. The van der Waals surface area contributed by atoms with Crippen LogP contribution < -0.4 is 4.90 Å². The van der Waals surface area contributed by atoms with E-state index in [0.717, 1.165) is 80.3 Å². The largest absolute Gasteiger partial charge is 0.381 e. The lowest BCUT2D eigenvalue weighted by atomic mass is 10.1. The molecular formula is C22H25N3O2S. The Hall–Kier alpha value is -2.02. The summed E-state index contributed by atoms with van der Waals surface area (Å²) < 4.78 is 11.6. The molecule has 6 heteroatoms. The number of fused-ring (bicyclic) bond motifs is 1. The molecular weight excluding hydrogens is 370 g/mol. The lowest BCUT2D eigenvalue weighted by Gasteiger charge is -2.33. The highest BCUT2D eigenvalue weighted by Crippen LogP contribution is 2.30. The minimum absolute atomic E-state index is 0.348. The summed E-state index contributed by atoms with van der Waals surface area (Å²) in [5.41, 5.74) is 2.10. The Kier molecular flexibility index (Phi) is 5.25. The van der Waals surface area contributed by atoms with Gasteiger partial charge in [0.1, 0.15) is 5.82 Å². The lowest BCUT2D eigenvalue weighted by Crippen LogP contribution is -2.38. The number of piperidine rings is 1. The number of nitrogens with zero attached hydrogens (tertiary/aromatic N) is 3. The normalized spacial score (nSPS) is 20.9. The van der Waals surface area contributed by atoms with Gasteiger partial charge in [-0.2, -0.15) is 11.3 Å². The van der Waals surface area contributed by atoms with Crippen LogP contribution in [0.15, 0.2) is 41.1 Å². The molecule has 3 aromatic rings. The quantitative estimate of drug-likeness (QED) is 0.642. The van der Waals surface area contributed by atoms with Crippen molar-refractivity contribution >= 4 is 28.1 Å². The van der Waals surface area contributed by atoms with Crippen molar-refractivity contribution < 1.29 is 9.47 Å². The molecule has 2 aromatic heterocycles. The SMILES string of the molecule is c1ccc2c(N3CCC(OCC4CCOC4)CC3)nc(-c3ccsc3)nc2c1. The van der Waals surface area contributed by atoms with Crippen LogP contribution in [-0.4, -0.2) is 49.0 Å². The standard InChI is InChI=1S/C22H25N3O2S/c1-2-4-20-19(3-1)22(24-21(23-20)17-8-12-28-15-17)25-9-5-18(6-10-25)27-14-16-7-11-26-13-16/h1-4,8,12,15-16,18H,5-7,9-11,13-14H2. The zero-order chi connectivity index (χ0) is 18.8. The van der Waals surface area contributed by atoms with Crippen LogP contribution in [0.4, 0.5) is 5.82 Å². The first-order valence-corrected chi connectivity index (χ1v) is 11.0. The van der Waals surface area contributed by atoms with Crippen LogP contribution in [-0.2, 0) is 9.47 Å². The molecule has 0 N–H and O–H groups in total. The fourth-order valence-electron chi connectivity index (χ4n) is 4.04. The number of para-hydroxylation sites is 1. The summed E-state index contributed by atoms with van der Waals surface area (Å²) in [6, 6.07) is 10.4. The second kappa shape index (κ2) is 8.15. The number of hydrogen-bond donors (Lipinski definition) is 0. The van der Waals surface area contributed by atoms with Gasteiger partial charge >= 0.3 is 0 Å². The molecule has 0 saturated carbocycles. The van der Waals surface area contributed by atoms with Crippen molar-refractivity contribution in [1.29, 1.82) is 0 Å². The minimum Gasteiger partial charge on any atom is -0.381 e. The van der Waals surface area contributed by atoms with Gasteiger partial charge in [0.05, 0.1) is 24.8 Å². The third-order valence-electron chi connectivity index (χ3n) is 5.70. The Labute approximate surface area is 169 Å². The van der Waals surface area contributed by atoms with E-state index in [1.165, 1.54) is 0 Å². The van der Waals surface area contributed by atoms with Crippen molar-refractivity contribution in [2.75, 3.05) is 37.8 Å². The maximum absolute atomic E-state index is 6.18. The van der Waals surface area contributed by atoms with E-state index in [0.29, 0.717) is 12.0 Å². The molecule has 0 spiro atoms. The van der Waals surface area contributed by atoms with E-state index < -0.39 is 0 Å². The van der Waals surface area contributed by atoms with Gasteiger partial charge in [0.25, 0.3) is 0 Å². The van der Waals surface area contributed by atoms with E-state index in [2.05, 4.69) is 39.9 Å². The molecule has 0 radical (unpaired) electrons. The summed E-state index contributed by atoms with van der Waals surface area (Å²) >= 11 is 1.68. The second-order valence-electron chi connectivity index (χ2n) is 7.65. The van der Waals surface area contributed by atoms with Gasteiger partial charge in [-0.15, -0.1) is 0 Å². The van der Waals surface area contributed by atoms with E-state index in [4.69, 9.17) is 19.4 Å². The molecule has 1 atom stereocenters. The Morgan fingerprint density at radius 3 is 2.79 bits per heavy atom. The van der Waals surface area contributed by atoms with Crippen LogP contribution >= 0.6 is 11.3 Å². The first-order valence-electron chi connectivity index (χ1n) is 10.1. The molecule has 1 unspecified atom stereocenters. The van der Waals surface area contributed by atoms with Crippen molar-refractivity contribution in [1.82, 2.24) is 9.97 Å². The van der Waals surface area contributed by atoms with Crippen LogP contribution in [0.5, 0.6) is 0 Å². The first kappa shape index (κ1) is 18.0. The smallest absolute Gasteiger partial charge is 0.162 e. The molecule has 0 aliphatic carbocycles. The van der Waals surface area contributed by atoms with Crippen molar-refractivity contribution in [3.05, 3.63) is 41.1 Å². The Bertz CT molecular complexity index is 917. The number of anilines is 1. The molecule has 0 amide bonds. The van der Waals surface area contributed by atoms with Gasteiger partial charge in [0, 0.05) is 41.9 Å². The minimum atomic E-state index is 0.348. The molecule has 5 nitrogen and oxygen atoms in total. The van der Waals surface area contributed by atoms with Crippen LogP contribution in [0.3, 0.4) is 0 Å². The molecule has 1 aromatic carbocycles. The van der Waals surface area contributed by atoms with Gasteiger partial charge in [0.15, 0.2) is 5.82 Å². The van der Waals surface area contributed by atoms with Crippen LogP contribution in [0.2, 0.25) is 0 Å². The molecule has 2 fully saturated rings. The predicted octanol–water partition coefficient (Wildman–Crippen LogP) is 4.38. The number of thiophene rings is 1. The maximum atomic E-state index is 6.18. The summed E-state index contributed by atoms with van der Waals surface area (Å²) in [5, 5.41) is 5.32. The van der Waals surface area contributed by atoms with E-state index in [1.54, 1.807) is 11.3 Å². The number of ether oxygens (including phenoxy) is 2. The van der Waals surface area contributed by atoms with E-state index in [1.807, 2.05) is 6.07 Å². The first-order chi connectivity index (χ1) is 13.9. The van der Waals surface area contributed by atoms with Crippen LogP contribution in [0, 0.1) is 5.92 Å². The van der Waals surface area contributed by atoms with Crippen LogP contribution in [0.25, 0.3) is 22.3 Å². The number of benzene rings is 1. The lowest BCUT2D eigenvalue weighted by molar-refractivity contribution is 0.0131. The molecule has 0 bridgehead atoms. The van der Waals surface area contributed by atoms with Gasteiger partial charge in [0.2, 0.25) is 0 Å². The van der Waals surface area contributed by atoms with Crippen molar-refractivity contribution in [2.24, 2.45) is 5.92 Å². The third kappa shape index (κ3) is 3.77. The van der Waals surface area contributed by atoms with E-state index >= 15 is 0 Å². The highest BCUT2D eigenvalue weighted by atomic mass is 32.1. The van der Waals surface area contributed by atoms with Gasteiger partial charge in [-0.25, -0.2) is 9.97 Å². The van der Waals surface area contributed by atoms with E-state index in [9.17, 15) is 0 Å². The highest BCUT2D eigenvalue weighted by Gasteiger charge is 2.25. The molecule has 2 aliphatic rings. The van der Waals surface area contributed by atoms with Crippen molar-refractivity contribution in [3.63, 3.8) is 0 Å². The second-order valence-corrected chi connectivity index (χ2v) is 8.43. The van der Waals surface area contributed by atoms with Gasteiger partial charge < -0.3 is 14.4 Å². The maximum Gasteiger partial charge on any atom is 0.162 e. The van der Waals surface area contributed by atoms with Gasteiger partial charge in [-0.3, -0.25) is 0 Å². The molecule has 146 valence electrons. The molecule has 2 saturated heterocycles. The summed E-state index contributed by atoms with van der Waals surface area (Å²) in [5.74, 6) is 2.45. The topological polar surface area (TPSA) is 47.5 Å². The summed E-state index contributed by atoms with van der Waals surface area (Å²) in [4.78, 5) is 12.2. The van der Waals surface area contributed by atoms with Gasteiger partial charge in [-0.1, -0.05) is 12.1 Å². The fraction of sp³-hybridized carbons (Fsp3) is 0.455. The van der Waals surface area contributed by atoms with Crippen molar-refractivity contribution in [2.45, 2.75) is 25.4 Å². The van der Waals surface area contributed by atoms with E-state index in [-0.39, 0.29) is 0 Å². The zero-order valence-electron chi connectivity index (χ0n) is 15.9. The Morgan fingerprint density at radius 2 is 2.00 bits per heavy atom. The Balaban J connectivity index is 1.33.